The van der Waals surface area contributed by atoms with Gasteiger partial charge in [-0.05, 0) is 43.6 Å². The lowest BCUT2D eigenvalue weighted by molar-refractivity contribution is 0.352. The molecular formula is C22H27N7. The summed E-state index contributed by atoms with van der Waals surface area (Å²) >= 11 is 0. The van der Waals surface area contributed by atoms with Gasteiger partial charge in [0.15, 0.2) is 5.82 Å². The van der Waals surface area contributed by atoms with Crippen LogP contribution in [-0.2, 0) is 0 Å². The van der Waals surface area contributed by atoms with Gasteiger partial charge in [-0.3, -0.25) is 0 Å². The zero-order valence-electron chi connectivity index (χ0n) is 16.4. The summed E-state index contributed by atoms with van der Waals surface area (Å²) in [6, 6.07) is 19.9. The number of hydrogen-bond acceptors (Lipinski definition) is 7. The Balaban J connectivity index is 1.64. The van der Waals surface area contributed by atoms with E-state index >= 15 is 0 Å². The maximum absolute atomic E-state index is 5.84. The lowest BCUT2D eigenvalue weighted by Crippen LogP contribution is -2.26. The molecule has 1 aromatic heterocycles. The number of benzene rings is 2. The third-order valence-electron chi connectivity index (χ3n) is 5.06. The second-order valence-electron chi connectivity index (χ2n) is 7.10. The molecule has 2 aromatic carbocycles. The largest absolute Gasteiger partial charge is 0.368 e. The van der Waals surface area contributed by atoms with Crippen molar-refractivity contribution in [3.05, 3.63) is 60.7 Å². The Kier molecular flexibility index (Phi) is 6.19. The van der Waals surface area contributed by atoms with Crippen LogP contribution >= 0.6 is 0 Å². The second-order valence-corrected chi connectivity index (χ2v) is 7.10. The standard InChI is InChI=1S/C22H27N7/c23-28-21-19(17-9-3-1-4-10-17)20(24-13-16-29-14-7-8-15-29)26-22(27-21)25-18-11-5-2-6-12-18/h1-6,9-12H,7-8,13-16,23H2,(H3,24,25,26,27,28). The Bertz CT molecular complexity index is 909. The highest BCUT2D eigenvalue weighted by Crippen LogP contribution is 2.34. The summed E-state index contributed by atoms with van der Waals surface area (Å²) in [5.74, 6) is 7.67. The Morgan fingerprint density at radius 1 is 0.862 bits per heavy atom. The number of hydrazine groups is 1. The first kappa shape index (κ1) is 19.2. The monoisotopic (exact) mass is 389 g/mol. The lowest BCUT2D eigenvalue weighted by Gasteiger charge is -2.19. The SMILES string of the molecule is NNc1nc(Nc2ccccc2)nc(NCCN2CCCC2)c1-c1ccccc1. The van der Waals surface area contributed by atoms with Gasteiger partial charge in [-0.15, -0.1) is 0 Å². The van der Waals surface area contributed by atoms with Gasteiger partial charge in [-0.2, -0.15) is 9.97 Å². The molecule has 150 valence electrons. The Labute approximate surface area is 171 Å². The van der Waals surface area contributed by atoms with Gasteiger partial charge in [0.2, 0.25) is 5.95 Å². The quantitative estimate of drug-likeness (QED) is 0.345. The zero-order chi connectivity index (χ0) is 19.9. The van der Waals surface area contributed by atoms with Gasteiger partial charge in [0, 0.05) is 18.8 Å². The molecule has 0 spiro atoms. The van der Waals surface area contributed by atoms with Crippen LogP contribution in [0, 0.1) is 0 Å². The van der Waals surface area contributed by atoms with Crippen LogP contribution in [-0.4, -0.2) is 41.0 Å². The number of rotatable bonds is 8. The number of nitrogens with one attached hydrogen (secondary N) is 3. The first-order chi connectivity index (χ1) is 14.3. The van der Waals surface area contributed by atoms with E-state index in [-0.39, 0.29) is 0 Å². The van der Waals surface area contributed by atoms with Gasteiger partial charge in [-0.25, -0.2) is 5.84 Å². The fourth-order valence-electron chi connectivity index (χ4n) is 3.62. The second kappa shape index (κ2) is 9.36. The third-order valence-corrected chi connectivity index (χ3v) is 5.06. The highest BCUT2D eigenvalue weighted by molar-refractivity contribution is 5.85. The molecule has 29 heavy (non-hydrogen) atoms. The lowest BCUT2D eigenvalue weighted by atomic mass is 10.1. The smallest absolute Gasteiger partial charge is 0.231 e. The van der Waals surface area contributed by atoms with Gasteiger partial charge in [-0.1, -0.05) is 48.5 Å². The molecule has 0 bridgehead atoms. The molecule has 0 aliphatic carbocycles. The first-order valence-electron chi connectivity index (χ1n) is 10.1. The fraction of sp³-hybridized carbons (Fsp3) is 0.273. The molecule has 1 aliphatic heterocycles. The molecule has 7 heteroatoms. The van der Waals surface area contributed by atoms with E-state index in [1.165, 1.54) is 25.9 Å². The molecule has 0 atom stereocenters. The maximum Gasteiger partial charge on any atom is 0.231 e. The normalized spacial score (nSPS) is 14.0. The third kappa shape index (κ3) is 4.82. The van der Waals surface area contributed by atoms with Crippen LogP contribution in [0.1, 0.15) is 12.8 Å². The first-order valence-corrected chi connectivity index (χ1v) is 10.1. The van der Waals surface area contributed by atoms with Gasteiger partial charge in [0.1, 0.15) is 5.82 Å². The van der Waals surface area contributed by atoms with Crippen LogP contribution < -0.4 is 21.9 Å². The summed E-state index contributed by atoms with van der Waals surface area (Å²) in [7, 11) is 0. The van der Waals surface area contributed by atoms with E-state index in [1.807, 2.05) is 60.7 Å². The summed E-state index contributed by atoms with van der Waals surface area (Å²) in [5.41, 5.74) is 5.55. The predicted octanol–water partition coefficient (Wildman–Crippen LogP) is 3.68. The molecule has 3 aromatic rings. The summed E-state index contributed by atoms with van der Waals surface area (Å²) in [6.45, 7) is 4.15. The summed E-state index contributed by atoms with van der Waals surface area (Å²) in [4.78, 5) is 11.8. The number of anilines is 4. The Hall–Kier alpha value is -3.16. The van der Waals surface area contributed by atoms with Crippen molar-refractivity contribution in [2.24, 2.45) is 5.84 Å². The van der Waals surface area contributed by atoms with Crippen molar-refractivity contribution in [3.63, 3.8) is 0 Å². The van der Waals surface area contributed by atoms with Crippen molar-refractivity contribution in [2.45, 2.75) is 12.8 Å². The molecule has 7 nitrogen and oxygen atoms in total. The number of nitrogens with two attached hydrogens (primary N) is 1. The van der Waals surface area contributed by atoms with Crippen molar-refractivity contribution in [3.8, 4) is 11.1 Å². The van der Waals surface area contributed by atoms with Crippen LogP contribution in [0.25, 0.3) is 11.1 Å². The summed E-state index contributed by atoms with van der Waals surface area (Å²) < 4.78 is 0. The van der Waals surface area contributed by atoms with Gasteiger partial charge < -0.3 is 21.0 Å². The van der Waals surface area contributed by atoms with Gasteiger partial charge in [0.25, 0.3) is 0 Å². The molecule has 1 fully saturated rings. The Morgan fingerprint density at radius 3 is 2.21 bits per heavy atom. The van der Waals surface area contributed by atoms with E-state index in [0.717, 1.165) is 35.7 Å². The molecule has 2 heterocycles. The van der Waals surface area contributed by atoms with E-state index in [2.05, 4.69) is 25.9 Å². The average Bonchev–Trinajstić information content (AvgIpc) is 3.28. The van der Waals surface area contributed by atoms with Crippen LogP contribution in [0.4, 0.5) is 23.3 Å². The summed E-state index contributed by atoms with van der Waals surface area (Å²) in [6.07, 6.45) is 2.57. The van der Waals surface area contributed by atoms with Crippen LogP contribution in [0.15, 0.2) is 60.7 Å². The molecule has 0 radical (unpaired) electrons. The molecule has 4 rings (SSSR count). The highest BCUT2D eigenvalue weighted by Gasteiger charge is 2.17. The topological polar surface area (TPSA) is 91.1 Å². The van der Waals surface area contributed by atoms with E-state index in [0.29, 0.717) is 11.8 Å². The van der Waals surface area contributed by atoms with Crippen molar-refractivity contribution in [2.75, 3.05) is 42.2 Å². The molecule has 0 unspecified atom stereocenters. The van der Waals surface area contributed by atoms with E-state index in [9.17, 15) is 0 Å². The number of nitrogen functional groups attached to an aromatic ring is 1. The van der Waals surface area contributed by atoms with Gasteiger partial charge in [0.05, 0.1) is 5.56 Å². The molecule has 1 aliphatic rings. The minimum Gasteiger partial charge on any atom is -0.368 e. The van der Waals surface area contributed by atoms with Crippen molar-refractivity contribution in [1.29, 1.82) is 0 Å². The van der Waals surface area contributed by atoms with E-state index in [4.69, 9.17) is 10.8 Å². The van der Waals surface area contributed by atoms with Gasteiger partial charge >= 0.3 is 0 Å². The van der Waals surface area contributed by atoms with Crippen LogP contribution in [0.3, 0.4) is 0 Å². The molecular weight excluding hydrogens is 362 g/mol. The minimum atomic E-state index is 0.493. The van der Waals surface area contributed by atoms with Crippen LogP contribution in [0.5, 0.6) is 0 Å². The fourth-order valence-corrected chi connectivity index (χ4v) is 3.62. The maximum atomic E-state index is 5.84. The van der Waals surface area contributed by atoms with E-state index < -0.39 is 0 Å². The number of aromatic nitrogens is 2. The van der Waals surface area contributed by atoms with Crippen molar-refractivity contribution < 1.29 is 0 Å². The number of para-hydroxylation sites is 1. The van der Waals surface area contributed by atoms with Crippen molar-refractivity contribution >= 4 is 23.3 Å². The highest BCUT2D eigenvalue weighted by atomic mass is 15.3. The minimum absolute atomic E-state index is 0.493. The zero-order valence-corrected chi connectivity index (χ0v) is 16.4. The van der Waals surface area contributed by atoms with Crippen LogP contribution in [0.2, 0.25) is 0 Å². The van der Waals surface area contributed by atoms with Crippen molar-refractivity contribution in [1.82, 2.24) is 14.9 Å². The molecule has 0 saturated carbocycles. The summed E-state index contributed by atoms with van der Waals surface area (Å²) in [5, 5.41) is 6.77. The molecule has 1 saturated heterocycles. The number of hydrogen-bond donors (Lipinski definition) is 4. The number of nitrogens with zero attached hydrogens (tertiary/aromatic N) is 3. The average molecular weight is 390 g/mol. The molecule has 5 N–H and O–H groups in total. The Morgan fingerprint density at radius 2 is 1.52 bits per heavy atom. The molecule has 0 amide bonds. The predicted molar refractivity (Wildman–Crippen MR) is 119 cm³/mol. The number of likely N-dealkylation sites (tertiary alicyclic amines) is 1. The van der Waals surface area contributed by atoms with E-state index in [1.54, 1.807) is 0 Å².